The van der Waals surface area contributed by atoms with Crippen LogP contribution >= 0.6 is 11.8 Å². The van der Waals surface area contributed by atoms with Gasteiger partial charge in [-0.3, -0.25) is 9.98 Å². The van der Waals surface area contributed by atoms with E-state index < -0.39 is 5.82 Å². The molecule has 1 saturated carbocycles. The van der Waals surface area contributed by atoms with Crippen molar-refractivity contribution in [2.24, 2.45) is 5.73 Å². The summed E-state index contributed by atoms with van der Waals surface area (Å²) in [5.74, 6) is -0.903. The molecule has 104 valence electrons. The first kappa shape index (κ1) is 12.9. The van der Waals surface area contributed by atoms with Crippen LogP contribution in [-0.2, 0) is 0 Å². The number of aromatic nitrogens is 3. The van der Waals surface area contributed by atoms with Crippen molar-refractivity contribution in [1.82, 2.24) is 14.8 Å². The van der Waals surface area contributed by atoms with Crippen LogP contribution in [0, 0.1) is 11.2 Å². The molecule has 1 aromatic carbocycles. The molecule has 0 aliphatic heterocycles. The van der Waals surface area contributed by atoms with Crippen LogP contribution in [0.5, 0.6) is 0 Å². The van der Waals surface area contributed by atoms with E-state index in [2.05, 4.69) is 10.2 Å². The lowest BCUT2D eigenvalue weighted by molar-refractivity contribution is 0.620. The summed E-state index contributed by atoms with van der Waals surface area (Å²) in [6.07, 6.45) is 1.88. The normalized spacial score (nSPS) is 14.4. The van der Waals surface area contributed by atoms with Crippen molar-refractivity contribution in [3.63, 3.8) is 0 Å². The molecule has 0 saturated heterocycles. The third-order valence-corrected chi connectivity index (χ3v) is 4.06. The van der Waals surface area contributed by atoms with Crippen molar-refractivity contribution in [3.8, 4) is 0 Å². The summed E-state index contributed by atoms with van der Waals surface area (Å²) in [5, 5.41) is 14.3. The number of amidine groups is 1. The fourth-order valence-corrected chi connectivity index (χ4v) is 3.04. The number of nitrogens with one attached hydrogen (secondary N) is 2. The van der Waals surface area contributed by atoms with Crippen molar-refractivity contribution < 1.29 is 4.39 Å². The van der Waals surface area contributed by atoms with Gasteiger partial charge in [-0.2, -0.15) is 0 Å². The Morgan fingerprint density at radius 1 is 1.55 bits per heavy atom. The molecule has 1 aliphatic carbocycles. The van der Waals surface area contributed by atoms with Gasteiger partial charge in [0.1, 0.15) is 11.7 Å². The zero-order chi connectivity index (χ0) is 14.3. The summed E-state index contributed by atoms with van der Waals surface area (Å²) in [5.41, 5.74) is 5.19. The number of halogens is 1. The zero-order valence-electron chi connectivity index (χ0n) is 10.4. The molecule has 1 aromatic heterocycles. The molecule has 4 N–H and O–H groups in total. The summed E-state index contributed by atoms with van der Waals surface area (Å²) >= 11 is 1.13. The first-order valence-electron chi connectivity index (χ1n) is 6.05. The van der Waals surface area contributed by atoms with E-state index in [1.54, 1.807) is 10.6 Å². The Balaban J connectivity index is 2.02. The van der Waals surface area contributed by atoms with E-state index in [4.69, 9.17) is 11.1 Å². The number of hydrogen-bond acceptors (Lipinski definition) is 4. The van der Waals surface area contributed by atoms with Crippen LogP contribution in [0.4, 0.5) is 4.39 Å². The SMILES string of the molecule is N=C(N)c1c(F)cccc1Sc1n[nH]c(=O)n1C1CC1. The topological polar surface area (TPSA) is 101 Å². The van der Waals surface area contributed by atoms with Gasteiger partial charge in [-0.25, -0.2) is 14.3 Å². The Kier molecular flexibility index (Phi) is 3.09. The summed E-state index contributed by atoms with van der Waals surface area (Å²) in [6.45, 7) is 0. The second kappa shape index (κ2) is 4.78. The predicted molar refractivity (Wildman–Crippen MR) is 72.7 cm³/mol. The minimum absolute atomic E-state index is 0.0373. The first-order valence-corrected chi connectivity index (χ1v) is 6.87. The van der Waals surface area contributed by atoms with Gasteiger partial charge in [0, 0.05) is 10.9 Å². The molecule has 6 nitrogen and oxygen atoms in total. The zero-order valence-corrected chi connectivity index (χ0v) is 11.2. The number of nitrogens with two attached hydrogens (primary N) is 1. The third kappa shape index (κ3) is 2.22. The molecule has 0 atom stereocenters. The van der Waals surface area contributed by atoms with E-state index in [1.807, 2.05) is 0 Å². The number of aromatic amines is 1. The number of nitrogen functional groups attached to an aromatic ring is 1. The van der Waals surface area contributed by atoms with Gasteiger partial charge in [-0.1, -0.05) is 6.07 Å². The minimum atomic E-state index is -0.557. The van der Waals surface area contributed by atoms with Crippen LogP contribution in [0.1, 0.15) is 24.4 Å². The molecular weight excluding hydrogens is 281 g/mol. The molecule has 0 bridgehead atoms. The minimum Gasteiger partial charge on any atom is -0.384 e. The Morgan fingerprint density at radius 2 is 2.30 bits per heavy atom. The lowest BCUT2D eigenvalue weighted by Gasteiger charge is -2.08. The van der Waals surface area contributed by atoms with Crippen LogP contribution in [0.15, 0.2) is 33.0 Å². The largest absolute Gasteiger partial charge is 0.384 e. The molecule has 20 heavy (non-hydrogen) atoms. The maximum Gasteiger partial charge on any atom is 0.344 e. The van der Waals surface area contributed by atoms with Gasteiger partial charge >= 0.3 is 5.69 Å². The Labute approximate surface area is 117 Å². The van der Waals surface area contributed by atoms with E-state index in [-0.39, 0.29) is 23.1 Å². The summed E-state index contributed by atoms with van der Waals surface area (Å²) in [7, 11) is 0. The number of hydrogen-bond donors (Lipinski definition) is 3. The maximum atomic E-state index is 13.7. The average molecular weight is 293 g/mol. The Hall–Kier alpha value is -2.09. The van der Waals surface area contributed by atoms with Crippen molar-refractivity contribution in [1.29, 1.82) is 5.41 Å². The third-order valence-electron chi connectivity index (χ3n) is 3.03. The van der Waals surface area contributed by atoms with Gasteiger partial charge in [-0.15, -0.1) is 5.10 Å². The fourth-order valence-electron chi connectivity index (χ4n) is 1.97. The van der Waals surface area contributed by atoms with E-state index in [0.717, 1.165) is 24.6 Å². The van der Waals surface area contributed by atoms with E-state index in [1.165, 1.54) is 12.1 Å². The molecule has 3 rings (SSSR count). The highest BCUT2D eigenvalue weighted by Crippen LogP contribution is 2.38. The molecule has 8 heteroatoms. The highest BCUT2D eigenvalue weighted by molar-refractivity contribution is 7.99. The van der Waals surface area contributed by atoms with E-state index >= 15 is 0 Å². The lowest BCUT2D eigenvalue weighted by atomic mass is 10.2. The van der Waals surface area contributed by atoms with Gasteiger partial charge in [0.2, 0.25) is 0 Å². The number of benzene rings is 1. The molecule has 1 fully saturated rings. The van der Waals surface area contributed by atoms with E-state index in [0.29, 0.717) is 10.1 Å². The van der Waals surface area contributed by atoms with Crippen LogP contribution in [-0.4, -0.2) is 20.6 Å². The molecule has 2 aromatic rings. The molecule has 0 unspecified atom stereocenters. The van der Waals surface area contributed by atoms with Crippen LogP contribution in [0.2, 0.25) is 0 Å². The number of nitrogens with zero attached hydrogens (tertiary/aromatic N) is 2. The van der Waals surface area contributed by atoms with Crippen molar-refractivity contribution in [2.75, 3.05) is 0 Å². The average Bonchev–Trinajstić information content (AvgIpc) is 3.15. The van der Waals surface area contributed by atoms with Crippen LogP contribution < -0.4 is 11.4 Å². The first-order chi connectivity index (χ1) is 9.58. The Morgan fingerprint density at radius 3 is 2.95 bits per heavy atom. The summed E-state index contributed by atoms with van der Waals surface area (Å²) in [4.78, 5) is 12.2. The molecular formula is C12H12FN5OS. The van der Waals surface area contributed by atoms with Gasteiger partial charge < -0.3 is 5.73 Å². The number of H-pyrrole nitrogens is 1. The molecule has 1 heterocycles. The van der Waals surface area contributed by atoms with Gasteiger partial charge in [0.15, 0.2) is 5.16 Å². The van der Waals surface area contributed by atoms with Crippen LogP contribution in [0.25, 0.3) is 0 Å². The second-order valence-electron chi connectivity index (χ2n) is 4.54. The lowest BCUT2D eigenvalue weighted by Crippen LogP contribution is -2.17. The molecule has 0 spiro atoms. The van der Waals surface area contributed by atoms with Crippen molar-refractivity contribution in [3.05, 3.63) is 40.1 Å². The van der Waals surface area contributed by atoms with Gasteiger partial charge in [-0.05, 0) is 36.7 Å². The monoisotopic (exact) mass is 293 g/mol. The smallest absolute Gasteiger partial charge is 0.344 e. The number of rotatable bonds is 4. The fraction of sp³-hybridized carbons (Fsp3) is 0.250. The predicted octanol–water partition coefficient (Wildman–Crippen LogP) is 1.48. The quantitative estimate of drug-likeness (QED) is 0.587. The highest BCUT2D eigenvalue weighted by Gasteiger charge is 2.29. The molecule has 1 aliphatic rings. The Bertz CT molecular complexity index is 734. The summed E-state index contributed by atoms with van der Waals surface area (Å²) < 4.78 is 15.3. The summed E-state index contributed by atoms with van der Waals surface area (Å²) in [6, 6.07) is 4.61. The van der Waals surface area contributed by atoms with Crippen LogP contribution in [0.3, 0.4) is 0 Å². The van der Waals surface area contributed by atoms with Crippen molar-refractivity contribution >= 4 is 17.6 Å². The standard InChI is InChI=1S/C12H12FN5OS/c13-7-2-1-3-8(9(7)10(14)15)20-12-17-16-11(19)18(12)6-4-5-6/h1-3,6H,4-5H2,(H3,14,15)(H,16,19). The second-order valence-corrected chi connectivity index (χ2v) is 5.55. The van der Waals surface area contributed by atoms with Gasteiger partial charge in [0.25, 0.3) is 0 Å². The molecule has 0 radical (unpaired) electrons. The van der Waals surface area contributed by atoms with E-state index in [9.17, 15) is 9.18 Å². The van der Waals surface area contributed by atoms with Crippen molar-refractivity contribution in [2.45, 2.75) is 28.9 Å². The maximum absolute atomic E-state index is 13.7. The van der Waals surface area contributed by atoms with Gasteiger partial charge in [0.05, 0.1) is 5.56 Å². The molecule has 0 amide bonds. The highest BCUT2D eigenvalue weighted by atomic mass is 32.2.